The van der Waals surface area contributed by atoms with Gasteiger partial charge in [0.05, 0.1) is 9.26 Å². The normalized spacial score (nSPS) is 17.1. The van der Waals surface area contributed by atoms with Crippen molar-refractivity contribution in [2.45, 2.75) is 39.2 Å². The lowest BCUT2D eigenvalue weighted by Crippen LogP contribution is -2.14. The number of hydrogen-bond donors (Lipinski definition) is 1. The van der Waals surface area contributed by atoms with Crippen LogP contribution in [0.5, 0.6) is 0 Å². The average Bonchev–Trinajstić information content (AvgIpc) is 3.13. The molecule has 17 heavy (non-hydrogen) atoms. The number of aryl methyl sites for hydroxylation is 1. The first kappa shape index (κ1) is 13.0. The Bertz CT molecular complexity index is 407. The van der Waals surface area contributed by atoms with E-state index in [1.54, 1.807) is 0 Å². The third-order valence-corrected chi connectivity index (χ3v) is 4.12. The number of nitrogens with two attached hydrogens (primary N) is 1. The molecule has 1 aliphatic carbocycles. The summed E-state index contributed by atoms with van der Waals surface area (Å²) in [5, 5.41) is 0. The molecule has 1 saturated carbocycles. The van der Waals surface area contributed by atoms with Gasteiger partial charge in [-0.2, -0.15) is 0 Å². The second kappa shape index (κ2) is 5.48. The van der Waals surface area contributed by atoms with Gasteiger partial charge in [-0.3, -0.25) is 0 Å². The van der Waals surface area contributed by atoms with Crippen LogP contribution in [0, 0.1) is 9.49 Å². The summed E-state index contributed by atoms with van der Waals surface area (Å²) in [7, 11) is 0. The topological polar surface area (TPSA) is 61.0 Å². The predicted octanol–water partition coefficient (Wildman–Crippen LogP) is 2.71. The molecule has 1 atom stereocenters. The van der Waals surface area contributed by atoms with Crippen LogP contribution in [-0.2, 0) is 11.2 Å². The van der Waals surface area contributed by atoms with E-state index in [0.717, 1.165) is 21.5 Å². The zero-order chi connectivity index (χ0) is 12.4. The zero-order valence-corrected chi connectivity index (χ0v) is 12.4. The standard InChI is InChI=1S/C12H18IN3O/c1-3-8-9(13)11(14)16-12(15-8)10(17-4-2)7-5-6-7/h7,10H,3-6H2,1-2H3,(H2,14,15,16). The summed E-state index contributed by atoms with van der Waals surface area (Å²) in [5.74, 6) is 1.93. The second-order valence-corrected chi connectivity index (χ2v) is 5.37. The number of anilines is 1. The quantitative estimate of drug-likeness (QED) is 0.832. The molecule has 0 amide bonds. The fourth-order valence-electron chi connectivity index (χ4n) is 1.89. The Hall–Kier alpha value is -0.430. The maximum absolute atomic E-state index is 5.94. The maximum atomic E-state index is 5.94. The molecular weight excluding hydrogens is 329 g/mol. The molecule has 94 valence electrons. The van der Waals surface area contributed by atoms with E-state index in [1.165, 1.54) is 12.8 Å². The highest BCUT2D eigenvalue weighted by atomic mass is 127. The number of aromatic nitrogens is 2. The fourth-order valence-corrected chi connectivity index (χ4v) is 2.52. The van der Waals surface area contributed by atoms with Crippen LogP contribution >= 0.6 is 22.6 Å². The minimum absolute atomic E-state index is 0.0320. The van der Waals surface area contributed by atoms with E-state index < -0.39 is 0 Å². The molecule has 0 bridgehead atoms. The summed E-state index contributed by atoms with van der Waals surface area (Å²) >= 11 is 2.21. The molecule has 0 spiro atoms. The number of nitrogen functional groups attached to an aromatic ring is 1. The Labute approximate surface area is 115 Å². The van der Waals surface area contributed by atoms with Gasteiger partial charge in [-0.15, -0.1) is 0 Å². The Balaban J connectivity index is 2.32. The van der Waals surface area contributed by atoms with E-state index in [2.05, 4.69) is 39.5 Å². The molecule has 0 aromatic carbocycles. The van der Waals surface area contributed by atoms with Crippen LogP contribution < -0.4 is 5.73 Å². The number of nitrogens with zero attached hydrogens (tertiary/aromatic N) is 2. The largest absolute Gasteiger partial charge is 0.383 e. The third-order valence-electron chi connectivity index (χ3n) is 2.95. The van der Waals surface area contributed by atoms with Gasteiger partial charge in [-0.1, -0.05) is 6.92 Å². The van der Waals surface area contributed by atoms with Crippen molar-refractivity contribution in [3.05, 3.63) is 15.1 Å². The van der Waals surface area contributed by atoms with Crippen LogP contribution in [0.1, 0.15) is 44.3 Å². The first-order valence-electron chi connectivity index (χ1n) is 6.10. The molecule has 2 rings (SSSR count). The van der Waals surface area contributed by atoms with E-state index in [0.29, 0.717) is 18.3 Å². The van der Waals surface area contributed by atoms with E-state index in [-0.39, 0.29) is 6.10 Å². The number of halogens is 1. The Morgan fingerprint density at radius 2 is 2.12 bits per heavy atom. The lowest BCUT2D eigenvalue weighted by molar-refractivity contribution is 0.0399. The average molecular weight is 347 g/mol. The summed E-state index contributed by atoms with van der Waals surface area (Å²) < 4.78 is 6.74. The molecule has 1 unspecified atom stereocenters. The van der Waals surface area contributed by atoms with Crippen LogP contribution in [0.15, 0.2) is 0 Å². The molecule has 2 N–H and O–H groups in total. The van der Waals surface area contributed by atoms with Crippen LogP contribution in [0.25, 0.3) is 0 Å². The van der Waals surface area contributed by atoms with Crippen molar-refractivity contribution in [3.63, 3.8) is 0 Å². The number of rotatable bonds is 5. The molecule has 0 saturated heterocycles. The predicted molar refractivity (Wildman–Crippen MR) is 75.6 cm³/mol. The molecule has 5 heteroatoms. The molecule has 1 aromatic rings. The van der Waals surface area contributed by atoms with Crippen LogP contribution in [0.3, 0.4) is 0 Å². The van der Waals surface area contributed by atoms with Gasteiger partial charge in [0.1, 0.15) is 11.9 Å². The van der Waals surface area contributed by atoms with Gasteiger partial charge in [-0.25, -0.2) is 9.97 Å². The molecular formula is C12H18IN3O. The first-order chi connectivity index (χ1) is 8.17. The van der Waals surface area contributed by atoms with Crippen molar-refractivity contribution >= 4 is 28.4 Å². The number of ether oxygens (including phenoxy) is 1. The number of hydrogen-bond acceptors (Lipinski definition) is 4. The van der Waals surface area contributed by atoms with E-state index >= 15 is 0 Å². The lowest BCUT2D eigenvalue weighted by Gasteiger charge is -2.16. The molecule has 0 radical (unpaired) electrons. The monoisotopic (exact) mass is 347 g/mol. The lowest BCUT2D eigenvalue weighted by atomic mass is 10.2. The highest BCUT2D eigenvalue weighted by Crippen LogP contribution is 2.42. The van der Waals surface area contributed by atoms with Crippen molar-refractivity contribution in [1.82, 2.24) is 9.97 Å². The Morgan fingerprint density at radius 1 is 1.41 bits per heavy atom. The third kappa shape index (κ3) is 2.88. The summed E-state index contributed by atoms with van der Waals surface area (Å²) in [4.78, 5) is 9.00. The first-order valence-corrected chi connectivity index (χ1v) is 7.18. The summed E-state index contributed by atoms with van der Waals surface area (Å²) in [6, 6.07) is 0. The minimum atomic E-state index is 0.0320. The maximum Gasteiger partial charge on any atom is 0.160 e. The molecule has 1 aromatic heterocycles. The van der Waals surface area contributed by atoms with Crippen LogP contribution in [0.4, 0.5) is 5.82 Å². The van der Waals surface area contributed by atoms with Crippen LogP contribution in [0.2, 0.25) is 0 Å². The molecule has 1 aliphatic rings. The van der Waals surface area contributed by atoms with Gasteiger partial charge in [0.25, 0.3) is 0 Å². The summed E-state index contributed by atoms with van der Waals surface area (Å²) in [6.45, 7) is 4.78. The van der Waals surface area contributed by atoms with Crippen molar-refractivity contribution in [2.75, 3.05) is 12.3 Å². The zero-order valence-electron chi connectivity index (χ0n) is 10.2. The van der Waals surface area contributed by atoms with Gasteiger partial charge < -0.3 is 10.5 Å². The highest BCUT2D eigenvalue weighted by Gasteiger charge is 2.35. The van der Waals surface area contributed by atoms with E-state index in [4.69, 9.17) is 10.5 Å². The van der Waals surface area contributed by atoms with Crippen LogP contribution in [-0.4, -0.2) is 16.6 Å². The van der Waals surface area contributed by atoms with Crippen molar-refractivity contribution in [3.8, 4) is 0 Å². The molecule has 4 nitrogen and oxygen atoms in total. The Morgan fingerprint density at radius 3 is 2.65 bits per heavy atom. The SMILES string of the molecule is CCOC(c1nc(N)c(I)c(CC)n1)C1CC1. The summed E-state index contributed by atoms with van der Waals surface area (Å²) in [5.41, 5.74) is 6.96. The molecule has 1 fully saturated rings. The van der Waals surface area contributed by atoms with Gasteiger partial charge in [0.2, 0.25) is 0 Å². The van der Waals surface area contributed by atoms with Crippen molar-refractivity contribution < 1.29 is 4.74 Å². The smallest absolute Gasteiger partial charge is 0.160 e. The van der Waals surface area contributed by atoms with E-state index in [9.17, 15) is 0 Å². The van der Waals surface area contributed by atoms with Crippen molar-refractivity contribution in [2.24, 2.45) is 5.92 Å². The van der Waals surface area contributed by atoms with E-state index in [1.807, 2.05) is 6.92 Å². The van der Waals surface area contributed by atoms with Gasteiger partial charge >= 0.3 is 0 Å². The van der Waals surface area contributed by atoms with Gasteiger partial charge in [0, 0.05) is 6.61 Å². The fraction of sp³-hybridized carbons (Fsp3) is 0.667. The minimum Gasteiger partial charge on any atom is -0.383 e. The highest BCUT2D eigenvalue weighted by molar-refractivity contribution is 14.1. The second-order valence-electron chi connectivity index (χ2n) is 4.29. The van der Waals surface area contributed by atoms with Gasteiger partial charge in [0.15, 0.2) is 5.82 Å². The van der Waals surface area contributed by atoms with Crippen molar-refractivity contribution in [1.29, 1.82) is 0 Å². The summed E-state index contributed by atoms with van der Waals surface area (Å²) in [6.07, 6.45) is 3.33. The molecule has 0 aliphatic heterocycles. The molecule has 1 heterocycles. The van der Waals surface area contributed by atoms with Gasteiger partial charge in [-0.05, 0) is 54.7 Å². The Kier molecular flexibility index (Phi) is 4.19.